The van der Waals surface area contributed by atoms with Crippen LogP contribution in [0.25, 0.3) is 4.85 Å². The van der Waals surface area contributed by atoms with Crippen molar-refractivity contribution in [3.63, 3.8) is 0 Å². The van der Waals surface area contributed by atoms with Crippen molar-refractivity contribution in [1.82, 2.24) is 24.3 Å². The number of amides is 1. The van der Waals surface area contributed by atoms with Crippen LogP contribution in [0, 0.1) is 6.57 Å². The fourth-order valence-electron chi connectivity index (χ4n) is 6.57. The maximum atomic E-state index is 14.4. The lowest BCUT2D eigenvalue weighted by atomic mass is 9.70. The first-order valence-corrected chi connectivity index (χ1v) is 14.1. The Hall–Kier alpha value is -3.90. The van der Waals surface area contributed by atoms with Gasteiger partial charge in [0.1, 0.15) is 5.75 Å². The van der Waals surface area contributed by atoms with E-state index in [4.69, 9.17) is 11.3 Å². The lowest BCUT2D eigenvalue weighted by Crippen LogP contribution is -2.50. The third-order valence-electron chi connectivity index (χ3n) is 8.30. The predicted octanol–water partition coefficient (Wildman–Crippen LogP) is 5.41. The van der Waals surface area contributed by atoms with Crippen molar-refractivity contribution in [2.24, 2.45) is 0 Å². The molecule has 3 aromatic rings. The number of nitrogens with one attached hydrogen (secondary N) is 1. The van der Waals surface area contributed by atoms with Gasteiger partial charge in [-0.25, -0.2) is 9.83 Å². The van der Waals surface area contributed by atoms with Gasteiger partial charge < -0.3 is 24.4 Å². The Morgan fingerprint density at radius 3 is 2.67 bits per heavy atom. The zero-order valence-electron chi connectivity index (χ0n) is 24.2. The molecule has 1 N–H and O–H groups in total. The van der Waals surface area contributed by atoms with Gasteiger partial charge in [-0.2, -0.15) is 0 Å². The summed E-state index contributed by atoms with van der Waals surface area (Å²) in [6, 6.07) is 5.97. The summed E-state index contributed by atoms with van der Waals surface area (Å²) < 4.78 is 7.81. The Balaban J connectivity index is 1.61. The van der Waals surface area contributed by atoms with Crippen molar-refractivity contribution in [3.05, 3.63) is 76.2 Å². The molecule has 1 spiro atoms. The van der Waals surface area contributed by atoms with Gasteiger partial charge >= 0.3 is 0 Å². The van der Waals surface area contributed by atoms with Gasteiger partial charge in [0.25, 0.3) is 5.91 Å². The maximum absolute atomic E-state index is 14.4. The van der Waals surface area contributed by atoms with Crippen LogP contribution in [0.4, 0.5) is 11.6 Å². The Labute approximate surface area is 237 Å². The standard InChI is InChI=1S/C31H39N7O2/c1-7-40-27-16-25(35-17-26(27)32-3)21(2)38-20-31(10-8-9-11-31)28-23(19-36(5)6)14-22(15-24(28)29(38)39)18-37-13-12-34-30(37)33-4/h12-17,21H,7-11,18-20H2,1-2,4-6H3,(H,33,34)/t21-/m0/s1. The zero-order chi connectivity index (χ0) is 28.4. The molecule has 210 valence electrons. The lowest BCUT2D eigenvalue weighted by molar-refractivity contribution is 0.0582. The molecule has 9 heteroatoms. The van der Waals surface area contributed by atoms with Crippen molar-refractivity contribution >= 4 is 17.5 Å². The van der Waals surface area contributed by atoms with E-state index in [2.05, 4.69) is 55.8 Å². The first-order chi connectivity index (χ1) is 19.3. The summed E-state index contributed by atoms with van der Waals surface area (Å²) in [4.78, 5) is 31.1. The number of carbonyl (C=O) groups excluding carboxylic acids is 1. The van der Waals surface area contributed by atoms with E-state index < -0.39 is 0 Å². The van der Waals surface area contributed by atoms with E-state index in [1.165, 1.54) is 11.1 Å². The minimum Gasteiger partial charge on any atom is -0.505 e. The fraction of sp³-hybridized carbons (Fsp3) is 0.484. The van der Waals surface area contributed by atoms with Crippen LogP contribution < -0.4 is 10.1 Å². The average Bonchev–Trinajstić information content (AvgIpc) is 3.59. The average molecular weight is 542 g/mol. The van der Waals surface area contributed by atoms with Gasteiger partial charge in [0.05, 0.1) is 31.5 Å². The molecule has 1 aromatic carbocycles. The van der Waals surface area contributed by atoms with Crippen LogP contribution in [-0.4, -0.2) is 64.5 Å². The number of pyridine rings is 1. The van der Waals surface area contributed by atoms with Gasteiger partial charge in [0.15, 0.2) is 0 Å². The summed E-state index contributed by atoms with van der Waals surface area (Å²) in [6.45, 7) is 13.9. The number of imidazole rings is 1. The van der Waals surface area contributed by atoms with Crippen LogP contribution in [0.1, 0.15) is 78.3 Å². The molecule has 1 fully saturated rings. The van der Waals surface area contributed by atoms with Gasteiger partial charge in [-0.3, -0.25) is 9.78 Å². The van der Waals surface area contributed by atoms with Crippen LogP contribution in [-0.2, 0) is 18.5 Å². The first-order valence-electron chi connectivity index (χ1n) is 14.1. The lowest BCUT2D eigenvalue weighted by Gasteiger charge is -2.45. The van der Waals surface area contributed by atoms with E-state index in [0.717, 1.165) is 55.0 Å². The van der Waals surface area contributed by atoms with E-state index in [1.807, 2.05) is 38.1 Å². The van der Waals surface area contributed by atoms with E-state index in [0.29, 0.717) is 31.1 Å². The number of aromatic nitrogens is 3. The van der Waals surface area contributed by atoms with Crippen molar-refractivity contribution in [2.45, 2.75) is 64.1 Å². The van der Waals surface area contributed by atoms with Gasteiger partial charge in [0, 0.05) is 49.7 Å². The second kappa shape index (κ2) is 11.3. The molecule has 2 aliphatic rings. The number of carbonyl (C=O) groups is 1. The highest BCUT2D eigenvalue weighted by atomic mass is 16.5. The maximum Gasteiger partial charge on any atom is 0.254 e. The molecular weight excluding hydrogens is 502 g/mol. The summed E-state index contributed by atoms with van der Waals surface area (Å²) in [7, 11) is 6.04. The molecule has 9 nitrogen and oxygen atoms in total. The van der Waals surface area contributed by atoms with E-state index in [9.17, 15) is 4.79 Å². The molecule has 0 unspecified atom stereocenters. The Morgan fingerprint density at radius 2 is 2.00 bits per heavy atom. The highest BCUT2D eigenvalue weighted by Gasteiger charge is 2.47. The second-order valence-electron chi connectivity index (χ2n) is 11.3. The van der Waals surface area contributed by atoms with Crippen LogP contribution in [0.3, 0.4) is 0 Å². The minimum absolute atomic E-state index is 0.0374. The van der Waals surface area contributed by atoms with Crippen LogP contribution >= 0.6 is 0 Å². The molecular formula is C31H39N7O2. The number of anilines is 1. The van der Waals surface area contributed by atoms with Crippen LogP contribution in [0.5, 0.6) is 5.75 Å². The van der Waals surface area contributed by atoms with Gasteiger partial charge in [-0.1, -0.05) is 18.9 Å². The molecule has 0 saturated heterocycles. The van der Waals surface area contributed by atoms with E-state index in [1.54, 1.807) is 12.4 Å². The number of hydrogen-bond acceptors (Lipinski definition) is 6. The smallest absolute Gasteiger partial charge is 0.254 e. The Bertz CT molecular complexity index is 1430. The molecule has 1 saturated carbocycles. The van der Waals surface area contributed by atoms with Crippen LogP contribution in [0.2, 0.25) is 0 Å². The molecule has 5 rings (SSSR count). The Kier molecular flexibility index (Phi) is 7.81. The quantitative estimate of drug-likeness (QED) is 0.365. The number of nitrogens with zero attached hydrogens (tertiary/aromatic N) is 6. The summed E-state index contributed by atoms with van der Waals surface area (Å²) in [5.41, 5.74) is 5.42. The SMILES string of the molecule is [C-]#[N+]c1cnc([C@H](C)N2CC3(CCCC3)c3c(CN(C)C)cc(Cn4ccnc4NC)cc3C2=O)cc1OCC. The van der Waals surface area contributed by atoms with Gasteiger partial charge in [-0.15, -0.1) is 0 Å². The number of hydrogen-bond donors (Lipinski definition) is 1. The molecule has 1 atom stereocenters. The highest BCUT2D eigenvalue weighted by molar-refractivity contribution is 5.98. The summed E-state index contributed by atoms with van der Waals surface area (Å²) in [5.74, 6) is 1.35. The second-order valence-corrected chi connectivity index (χ2v) is 11.3. The highest BCUT2D eigenvalue weighted by Crippen LogP contribution is 2.49. The molecule has 0 bridgehead atoms. The van der Waals surface area contributed by atoms with Gasteiger partial charge in [0.2, 0.25) is 11.6 Å². The largest absolute Gasteiger partial charge is 0.505 e. The minimum atomic E-state index is -0.261. The van der Waals surface area contributed by atoms with Crippen molar-refractivity contribution in [2.75, 3.05) is 39.6 Å². The molecule has 1 amide bonds. The summed E-state index contributed by atoms with van der Waals surface area (Å²) in [5, 5.41) is 3.15. The fourth-order valence-corrected chi connectivity index (χ4v) is 6.57. The van der Waals surface area contributed by atoms with Crippen LogP contribution in [0.15, 0.2) is 36.8 Å². The third-order valence-corrected chi connectivity index (χ3v) is 8.30. The predicted molar refractivity (Wildman–Crippen MR) is 156 cm³/mol. The molecule has 1 aliphatic carbocycles. The molecule has 40 heavy (non-hydrogen) atoms. The summed E-state index contributed by atoms with van der Waals surface area (Å²) >= 11 is 0. The molecule has 3 heterocycles. The summed E-state index contributed by atoms with van der Waals surface area (Å²) in [6.07, 6.45) is 9.76. The topological polar surface area (TPSA) is 79.9 Å². The normalized spacial score (nSPS) is 16.7. The van der Waals surface area contributed by atoms with Crippen molar-refractivity contribution in [3.8, 4) is 5.75 Å². The van der Waals surface area contributed by atoms with Crippen molar-refractivity contribution < 1.29 is 9.53 Å². The molecule has 0 radical (unpaired) electrons. The molecule has 2 aromatic heterocycles. The molecule has 1 aliphatic heterocycles. The number of rotatable bonds is 9. The number of benzene rings is 1. The monoisotopic (exact) mass is 541 g/mol. The van der Waals surface area contributed by atoms with E-state index >= 15 is 0 Å². The zero-order valence-corrected chi connectivity index (χ0v) is 24.2. The third kappa shape index (κ3) is 5.04. The number of ether oxygens (including phenoxy) is 1. The Morgan fingerprint density at radius 1 is 1.23 bits per heavy atom. The van der Waals surface area contributed by atoms with Crippen molar-refractivity contribution in [1.29, 1.82) is 0 Å². The number of fused-ring (bicyclic) bond motifs is 2. The first kappa shape index (κ1) is 27.7. The van der Waals surface area contributed by atoms with E-state index in [-0.39, 0.29) is 17.4 Å². The van der Waals surface area contributed by atoms with Gasteiger partial charge in [-0.05, 0) is 69.6 Å².